The topological polar surface area (TPSA) is 38.3 Å². The summed E-state index contributed by atoms with van der Waals surface area (Å²) in [5.74, 6) is 1.58. The van der Waals surface area contributed by atoms with Gasteiger partial charge < -0.3 is 10.1 Å². The molecule has 1 aliphatic heterocycles. The molecule has 3 nitrogen and oxygen atoms in total. The quantitative estimate of drug-likeness (QED) is 0.833. The minimum atomic E-state index is -0.681. The van der Waals surface area contributed by atoms with Crippen molar-refractivity contribution in [1.29, 1.82) is 0 Å². The van der Waals surface area contributed by atoms with Crippen molar-refractivity contribution >= 4 is 10.8 Å². The van der Waals surface area contributed by atoms with Crippen LogP contribution in [0.25, 0.3) is 0 Å². The predicted octanol–water partition coefficient (Wildman–Crippen LogP) is 2.08. The van der Waals surface area contributed by atoms with Crippen LogP contribution in [-0.4, -0.2) is 41.5 Å². The summed E-state index contributed by atoms with van der Waals surface area (Å²) < 4.78 is 17.8. The number of nitrogens with one attached hydrogen (secondary N) is 1. The van der Waals surface area contributed by atoms with Gasteiger partial charge in [0.1, 0.15) is 0 Å². The number of ether oxygens (including phenoxy) is 1. The first kappa shape index (κ1) is 14.5. The molecule has 0 radical (unpaired) electrons. The maximum absolute atomic E-state index is 12.4. The van der Waals surface area contributed by atoms with Crippen molar-refractivity contribution in [2.24, 2.45) is 5.92 Å². The van der Waals surface area contributed by atoms with E-state index in [4.69, 9.17) is 4.74 Å². The monoisotopic (exact) mass is 273 g/mol. The van der Waals surface area contributed by atoms with Gasteiger partial charge in [-0.25, -0.2) is 0 Å². The summed E-state index contributed by atoms with van der Waals surface area (Å²) >= 11 is 0. The third-order valence-corrected chi connectivity index (χ3v) is 6.38. The van der Waals surface area contributed by atoms with Gasteiger partial charge in [-0.05, 0) is 38.6 Å². The highest BCUT2D eigenvalue weighted by atomic mass is 32.2. The van der Waals surface area contributed by atoms with Crippen LogP contribution in [0.15, 0.2) is 0 Å². The Kier molecular flexibility index (Phi) is 6.12. The average Bonchev–Trinajstić information content (AvgIpc) is 2.46. The van der Waals surface area contributed by atoms with Crippen molar-refractivity contribution in [1.82, 2.24) is 5.32 Å². The summed E-state index contributed by atoms with van der Waals surface area (Å²) in [5.41, 5.74) is 0. The van der Waals surface area contributed by atoms with E-state index in [0.717, 1.165) is 37.7 Å². The second-order valence-electron chi connectivity index (χ2n) is 5.65. The molecular formula is C14H27NO2S. The van der Waals surface area contributed by atoms with Gasteiger partial charge in [0, 0.05) is 41.1 Å². The Balaban J connectivity index is 1.82. The van der Waals surface area contributed by atoms with Crippen LogP contribution in [0.4, 0.5) is 0 Å². The number of rotatable bonds is 5. The van der Waals surface area contributed by atoms with Crippen LogP contribution in [0.5, 0.6) is 0 Å². The van der Waals surface area contributed by atoms with Crippen LogP contribution in [-0.2, 0) is 15.5 Å². The molecule has 1 N–H and O–H groups in total. The lowest BCUT2D eigenvalue weighted by atomic mass is 9.84. The molecule has 0 bridgehead atoms. The fourth-order valence-corrected chi connectivity index (χ4v) is 5.03. The third-order valence-electron chi connectivity index (χ3n) is 4.47. The number of hydrogen-bond donors (Lipinski definition) is 1. The van der Waals surface area contributed by atoms with Crippen molar-refractivity contribution < 1.29 is 8.95 Å². The molecule has 1 heterocycles. The summed E-state index contributed by atoms with van der Waals surface area (Å²) in [6, 6.07) is 0.453. The molecule has 0 aromatic heterocycles. The minimum Gasteiger partial charge on any atom is -0.381 e. The molecule has 4 heteroatoms. The van der Waals surface area contributed by atoms with E-state index in [1.165, 1.54) is 32.1 Å². The highest BCUT2D eigenvalue weighted by Crippen LogP contribution is 2.27. The summed E-state index contributed by atoms with van der Waals surface area (Å²) in [7, 11) is 1.35. The van der Waals surface area contributed by atoms with Gasteiger partial charge in [-0.2, -0.15) is 0 Å². The molecule has 2 rings (SSSR count). The predicted molar refractivity (Wildman–Crippen MR) is 76.3 cm³/mol. The van der Waals surface area contributed by atoms with Gasteiger partial charge in [-0.3, -0.25) is 4.21 Å². The average molecular weight is 273 g/mol. The van der Waals surface area contributed by atoms with E-state index in [0.29, 0.717) is 11.3 Å². The first-order chi connectivity index (χ1) is 8.81. The van der Waals surface area contributed by atoms with Gasteiger partial charge in [0.15, 0.2) is 0 Å². The maximum atomic E-state index is 12.4. The van der Waals surface area contributed by atoms with Crippen LogP contribution >= 0.6 is 0 Å². The molecule has 1 saturated carbocycles. The van der Waals surface area contributed by atoms with Crippen molar-refractivity contribution in [3.05, 3.63) is 0 Å². The van der Waals surface area contributed by atoms with Crippen molar-refractivity contribution in [2.75, 3.05) is 26.0 Å². The lowest BCUT2D eigenvalue weighted by molar-refractivity contribution is 0.0991. The zero-order chi connectivity index (χ0) is 12.8. The Morgan fingerprint density at radius 2 is 1.83 bits per heavy atom. The molecule has 18 heavy (non-hydrogen) atoms. The summed E-state index contributed by atoms with van der Waals surface area (Å²) in [6.45, 7) is 1.59. The molecule has 1 saturated heterocycles. The van der Waals surface area contributed by atoms with Crippen LogP contribution in [0.3, 0.4) is 0 Å². The van der Waals surface area contributed by atoms with Crippen LogP contribution in [0, 0.1) is 5.92 Å². The summed E-state index contributed by atoms with van der Waals surface area (Å²) in [5, 5.41) is 3.79. The van der Waals surface area contributed by atoms with E-state index in [-0.39, 0.29) is 0 Å². The molecule has 2 unspecified atom stereocenters. The second-order valence-corrected chi connectivity index (χ2v) is 7.41. The molecule has 0 amide bonds. The Bertz CT molecular complexity index is 261. The normalized spacial score (nSPS) is 26.9. The molecule has 0 aromatic carbocycles. The Morgan fingerprint density at radius 1 is 1.17 bits per heavy atom. The lowest BCUT2D eigenvalue weighted by Crippen LogP contribution is -2.41. The minimum absolute atomic E-state index is 0.373. The van der Waals surface area contributed by atoms with Gasteiger partial charge in [0.05, 0.1) is 0 Å². The molecular weight excluding hydrogens is 246 g/mol. The van der Waals surface area contributed by atoms with Crippen molar-refractivity contribution in [3.63, 3.8) is 0 Å². The second kappa shape index (κ2) is 7.61. The fraction of sp³-hybridized carbons (Fsp3) is 1.00. The van der Waals surface area contributed by atoms with Gasteiger partial charge >= 0.3 is 0 Å². The highest BCUT2D eigenvalue weighted by molar-refractivity contribution is 7.85. The van der Waals surface area contributed by atoms with E-state index in [2.05, 4.69) is 5.32 Å². The van der Waals surface area contributed by atoms with Gasteiger partial charge in [0.2, 0.25) is 0 Å². The first-order valence-corrected chi connectivity index (χ1v) is 8.81. The van der Waals surface area contributed by atoms with Crippen molar-refractivity contribution in [2.45, 2.75) is 56.2 Å². The zero-order valence-corrected chi connectivity index (χ0v) is 12.3. The first-order valence-electron chi connectivity index (χ1n) is 7.43. The van der Waals surface area contributed by atoms with Crippen LogP contribution in [0.1, 0.15) is 44.9 Å². The Hall–Kier alpha value is 0.0700. The highest BCUT2D eigenvalue weighted by Gasteiger charge is 2.27. The Morgan fingerprint density at radius 3 is 2.44 bits per heavy atom. The van der Waals surface area contributed by atoms with E-state index >= 15 is 0 Å². The van der Waals surface area contributed by atoms with Crippen LogP contribution < -0.4 is 5.32 Å². The van der Waals surface area contributed by atoms with Crippen molar-refractivity contribution in [3.8, 4) is 0 Å². The fourth-order valence-electron chi connectivity index (χ4n) is 3.24. The number of hydrogen-bond acceptors (Lipinski definition) is 3. The third kappa shape index (κ3) is 4.04. The molecule has 0 aromatic rings. The van der Waals surface area contributed by atoms with Gasteiger partial charge in [-0.1, -0.05) is 19.3 Å². The largest absolute Gasteiger partial charge is 0.381 e. The van der Waals surface area contributed by atoms with Crippen LogP contribution in [0.2, 0.25) is 0 Å². The SMILES string of the molecule is CNC(CS(=O)C1CCOCC1)C1CCCCC1. The Labute approximate surface area is 114 Å². The molecule has 1 aliphatic carbocycles. The summed E-state index contributed by atoms with van der Waals surface area (Å²) in [6.07, 6.45) is 8.68. The van der Waals surface area contributed by atoms with E-state index in [1.54, 1.807) is 0 Å². The van der Waals surface area contributed by atoms with Gasteiger partial charge in [-0.15, -0.1) is 0 Å². The summed E-state index contributed by atoms with van der Waals surface area (Å²) in [4.78, 5) is 0. The van der Waals surface area contributed by atoms with Gasteiger partial charge in [0.25, 0.3) is 0 Å². The molecule has 106 valence electrons. The molecule has 0 spiro atoms. The van der Waals surface area contributed by atoms with E-state index in [9.17, 15) is 4.21 Å². The smallest absolute Gasteiger partial charge is 0.0477 e. The maximum Gasteiger partial charge on any atom is 0.0477 e. The van der Waals surface area contributed by atoms with E-state index < -0.39 is 10.8 Å². The lowest BCUT2D eigenvalue weighted by Gasteiger charge is -2.31. The molecule has 2 atom stereocenters. The molecule has 2 aliphatic rings. The molecule has 2 fully saturated rings. The van der Waals surface area contributed by atoms with E-state index in [1.807, 2.05) is 7.05 Å². The zero-order valence-electron chi connectivity index (χ0n) is 11.5. The standard InChI is InChI=1S/C14H27NO2S/c1-15-14(12-5-3-2-4-6-12)11-18(16)13-7-9-17-10-8-13/h12-15H,2-11H2,1H3.